The molecule has 122 valence electrons. The number of aromatic nitrogens is 3. The van der Waals surface area contributed by atoms with Gasteiger partial charge in [0.05, 0.1) is 6.20 Å². The van der Waals surface area contributed by atoms with E-state index in [1.807, 2.05) is 43.4 Å². The molecule has 0 spiro atoms. The predicted molar refractivity (Wildman–Crippen MR) is 90.5 cm³/mol. The monoisotopic (exact) mass is 322 g/mol. The second-order valence-corrected chi connectivity index (χ2v) is 5.45. The lowest BCUT2D eigenvalue weighted by Gasteiger charge is -2.07. The van der Waals surface area contributed by atoms with Crippen LogP contribution in [-0.2, 0) is 24.8 Å². The fourth-order valence-corrected chi connectivity index (χ4v) is 2.29. The lowest BCUT2D eigenvalue weighted by molar-refractivity contribution is 0.155. The molecule has 0 aliphatic heterocycles. The quantitative estimate of drug-likeness (QED) is 0.783. The maximum atomic E-state index is 11.8. The van der Waals surface area contributed by atoms with Crippen LogP contribution in [0.25, 0.3) is 0 Å². The van der Waals surface area contributed by atoms with E-state index in [0.29, 0.717) is 5.69 Å². The molecule has 0 bridgehead atoms. The third kappa shape index (κ3) is 4.42. The number of pyridine rings is 1. The number of aryl methyl sites for hydroxylation is 1. The van der Waals surface area contributed by atoms with Crippen LogP contribution in [0.2, 0.25) is 0 Å². The Bertz CT molecular complexity index is 797. The van der Waals surface area contributed by atoms with Crippen molar-refractivity contribution < 1.29 is 9.53 Å². The fraction of sp³-hybridized carbons (Fsp3) is 0.167. The number of ether oxygens (including phenoxy) is 1. The average molecular weight is 322 g/mol. The number of nitrogens with one attached hydrogen (secondary N) is 1. The van der Waals surface area contributed by atoms with Crippen LogP contribution >= 0.6 is 0 Å². The second-order valence-electron chi connectivity index (χ2n) is 5.45. The third-order valence-corrected chi connectivity index (χ3v) is 3.49. The summed E-state index contributed by atoms with van der Waals surface area (Å²) in [6, 6.07) is 11.7. The SMILES string of the molecule is Cn1cc(COC(=O)Nc2ccc(Cc3ccncc3)cc2)cn1. The van der Waals surface area contributed by atoms with Crippen molar-refractivity contribution >= 4 is 11.8 Å². The molecule has 0 aliphatic rings. The number of amides is 1. The van der Waals surface area contributed by atoms with Gasteiger partial charge in [-0.05, 0) is 41.8 Å². The summed E-state index contributed by atoms with van der Waals surface area (Å²) < 4.78 is 6.83. The van der Waals surface area contributed by atoms with Gasteiger partial charge in [-0.3, -0.25) is 15.0 Å². The Morgan fingerprint density at radius 1 is 1.08 bits per heavy atom. The molecule has 0 unspecified atom stereocenters. The number of hydrogen-bond donors (Lipinski definition) is 1. The Labute approximate surface area is 140 Å². The zero-order valence-corrected chi connectivity index (χ0v) is 13.3. The first-order valence-electron chi connectivity index (χ1n) is 7.58. The van der Waals surface area contributed by atoms with Gasteiger partial charge in [-0.1, -0.05) is 12.1 Å². The van der Waals surface area contributed by atoms with Crippen LogP contribution in [0.3, 0.4) is 0 Å². The van der Waals surface area contributed by atoms with Crippen molar-refractivity contribution in [3.8, 4) is 0 Å². The van der Waals surface area contributed by atoms with Gasteiger partial charge in [0.2, 0.25) is 0 Å². The summed E-state index contributed by atoms with van der Waals surface area (Å²) in [7, 11) is 1.82. The van der Waals surface area contributed by atoms with E-state index in [0.717, 1.165) is 17.5 Å². The van der Waals surface area contributed by atoms with Crippen LogP contribution in [0.5, 0.6) is 0 Å². The molecule has 0 saturated carbocycles. The third-order valence-electron chi connectivity index (χ3n) is 3.49. The van der Waals surface area contributed by atoms with Crippen LogP contribution in [0.15, 0.2) is 61.2 Å². The summed E-state index contributed by atoms with van der Waals surface area (Å²) >= 11 is 0. The van der Waals surface area contributed by atoms with Crippen LogP contribution in [-0.4, -0.2) is 20.9 Å². The summed E-state index contributed by atoms with van der Waals surface area (Å²) in [6.45, 7) is 0.194. The highest BCUT2D eigenvalue weighted by Gasteiger charge is 2.05. The Morgan fingerprint density at radius 2 is 1.79 bits per heavy atom. The maximum Gasteiger partial charge on any atom is 0.411 e. The minimum atomic E-state index is -0.485. The first kappa shape index (κ1) is 15.7. The van der Waals surface area contributed by atoms with Crippen molar-refractivity contribution in [3.05, 3.63) is 77.9 Å². The summed E-state index contributed by atoms with van der Waals surface area (Å²) in [5.41, 5.74) is 3.90. The van der Waals surface area contributed by atoms with E-state index < -0.39 is 6.09 Å². The molecule has 3 aromatic rings. The number of hydrogen-bond acceptors (Lipinski definition) is 4. The van der Waals surface area contributed by atoms with E-state index in [4.69, 9.17) is 4.74 Å². The molecule has 0 saturated heterocycles. The highest BCUT2D eigenvalue weighted by atomic mass is 16.5. The van der Waals surface area contributed by atoms with Crippen LogP contribution in [0.4, 0.5) is 10.5 Å². The van der Waals surface area contributed by atoms with E-state index in [1.54, 1.807) is 29.5 Å². The highest BCUT2D eigenvalue weighted by Crippen LogP contribution is 2.13. The molecule has 1 aromatic carbocycles. The van der Waals surface area contributed by atoms with Gasteiger partial charge >= 0.3 is 6.09 Å². The van der Waals surface area contributed by atoms with Crippen LogP contribution in [0.1, 0.15) is 16.7 Å². The predicted octanol–water partition coefficient (Wildman–Crippen LogP) is 3.15. The lowest BCUT2D eigenvalue weighted by Crippen LogP contribution is -2.13. The molecule has 0 radical (unpaired) electrons. The van der Waals surface area contributed by atoms with Crippen molar-refractivity contribution in [2.75, 3.05) is 5.32 Å². The van der Waals surface area contributed by atoms with E-state index in [9.17, 15) is 4.79 Å². The molecule has 0 atom stereocenters. The van der Waals surface area contributed by atoms with Crippen LogP contribution in [0, 0.1) is 0 Å². The molecule has 1 amide bonds. The lowest BCUT2D eigenvalue weighted by atomic mass is 10.1. The highest BCUT2D eigenvalue weighted by molar-refractivity contribution is 5.84. The van der Waals surface area contributed by atoms with Gasteiger partial charge in [0.1, 0.15) is 6.61 Å². The molecule has 2 heterocycles. The Balaban J connectivity index is 1.51. The number of benzene rings is 1. The summed E-state index contributed by atoms with van der Waals surface area (Å²) in [4.78, 5) is 15.8. The number of carbonyl (C=O) groups excluding carboxylic acids is 1. The Hall–Kier alpha value is -3.15. The van der Waals surface area contributed by atoms with Gasteiger partial charge in [-0.15, -0.1) is 0 Å². The second kappa shape index (κ2) is 7.41. The van der Waals surface area contributed by atoms with Gasteiger partial charge in [0.25, 0.3) is 0 Å². The van der Waals surface area contributed by atoms with E-state index in [-0.39, 0.29) is 6.61 Å². The minimum Gasteiger partial charge on any atom is -0.444 e. The molecule has 1 N–H and O–H groups in total. The molecule has 3 rings (SSSR count). The molecule has 24 heavy (non-hydrogen) atoms. The minimum absolute atomic E-state index is 0.194. The maximum absolute atomic E-state index is 11.8. The van der Waals surface area contributed by atoms with Gasteiger partial charge in [-0.25, -0.2) is 4.79 Å². The fourth-order valence-electron chi connectivity index (χ4n) is 2.29. The van der Waals surface area contributed by atoms with Gasteiger partial charge < -0.3 is 4.74 Å². The molecular formula is C18H18N4O2. The van der Waals surface area contributed by atoms with Crippen molar-refractivity contribution in [1.29, 1.82) is 0 Å². The number of nitrogens with zero attached hydrogens (tertiary/aromatic N) is 3. The topological polar surface area (TPSA) is 69.0 Å². The molecule has 6 nitrogen and oxygen atoms in total. The number of anilines is 1. The molecule has 0 aliphatic carbocycles. The normalized spacial score (nSPS) is 10.4. The Morgan fingerprint density at radius 3 is 2.46 bits per heavy atom. The van der Waals surface area contributed by atoms with Crippen molar-refractivity contribution in [2.24, 2.45) is 7.05 Å². The number of carbonyl (C=O) groups is 1. The summed E-state index contributed by atoms with van der Waals surface area (Å²) in [5, 5.41) is 6.74. The van der Waals surface area contributed by atoms with E-state index in [1.165, 1.54) is 5.56 Å². The summed E-state index contributed by atoms with van der Waals surface area (Å²) in [5.74, 6) is 0. The number of rotatable bonds is 5. The average Bonchev–Trinajstić information content (AvgIpc) is 3.01. The molecule has 0 fully saturated rings. The largest absolute Gasteiger partial charge is 0.444 e. The molecule has 2 aromatic heterocycles. The smallest absolute Gasteiger partial charge is 0.411 e. The van der Waals surface area contributed by atoms with Gasteiger partial charge in [-0.2, -0.15) is 5.10 Å². The molecule has 6 heteroatoms. The summed E-state index contributed by atoms with van der Waals surface area (Å²) in [6.07, 6.45) is 7.38. The first-order valence-corrected chi connectivity index (χ1v) is 7.58. The van der Waals surface area contributed by atoms with Crippen LogP contribution < -0.4 is 5.32 Å². The van der Waals surface area contributed by atoms with E-state index >= 15 is 0 Å². The standard InChI is InChI=1S/C18H18N4O2/c1-22-12-16(11-20-22)13-24-18(23)21-17-4-2-14(3-5-17)10-15-6-8-19-9-7-15/h2-9,11-12H,10,13H2,1H3,(H,21,23). The van der Waals surface area contributed by atoms with Crippen molar-refractivity contribution in [2.45, 2.75) is 13.0 Å². The van der Waals surface area contributed by atoms with Gasteiger partial charge in [0, 0.05) is 36.9 Å². The first-order chi connectivity index (χ1) is 11.7. The van der Waals surface area contributed by atoms with Gasteiger partial charge in [0.15, 0.2) is 0 Å². The van der Waals surface area contributed by atoms with Crippen molar-refractivity contribution in [3.63, 3.8) is 0 Å². The molecular weight excluding hydrogens is 304 g/mol. The zero-order chi connectivity index (χ0) is 16.8. The Kier molecular flexibility index (Phi) is 4.86. The van der Waals surface area contributed by atoms with E-state index in [2.05, 4.69) is 15.4 Å². The zero-order valence-electron chi connectivity index (χ0n) is 13.3. The van der Waals surface area contributed by atoms with Crippen molar-refractivity contribution in [1.82, 2.24) is 14.8 Å².